The molecule has 5 aromatic rings. The summed E-state index contributed by atoms with van der Waals surface area (Å²) in [6.07, 6.45) is 9.43. The zero-order chi connectivity index (χ0) is 31.8. The van der Waals surface area contributed by atoms with Crippen molar-refractivity contribution in [3.05, 3.63) is 99.6 Å². The summed E-state index contributed by atoms with van der Waals surface area (Å²) in [4.78, 5) is 31.3. The van der Waals surface area contributed by atoms with Crippen LogP contribution in [0.25, 0.3) is 28.1 Å². The van der Waals surface area contributed by atoms with Crippen LogP contribution in [0.15, 0.2) is 78.1 Å². The van der Waals surface area contributed by atoms with Crippen LogP contribution in [0, 0.1) is 5.92 Å². The molecule has 11 nitrogen and oxygen atoms in total. The van der Waals surface area contributed by atoms with E-state index in [2.05, 4.69) is 25.7 Å². The van der Waals surface area contributed by atoms with Crippen molar-refractivity contribution < 1.29 is 18.3 Å². The summed E-state index contributed by atoms with van der Waals surface area (Å²) >= 11 is 12.4. The molecule has 0 radical (unpaired) electrons. The van der Waals surface area contributed by atoms with Crippen molar-refractivity contribution in [2.75, 3.05) is 12.4 Å². The number of fused-ring (bicyclic) bond motifs is 4. The molecule has 0 spiro atoms. The van der Waals surface area contributed by atoms with Gasteiger partial charge in [-0.3, -0.25) is 14.6 Å². The Morgan fingerprint density at radius 3 is 2.64 bits per heavy atom. The number of nitrogens with zero attached hydrogens (tertiary/aromatic N) is 7. The van der Waals surface area contributed by atoms with Gasteiger partial charge < -0.3 is 14.6 Å². The Bertz CT molecular complexity index is 2010. The Labute approximate surface area is 264 Å². The fourth-order valence-electron chi connectivity index (χ4n) is 5.22. The van der Waals surface area contributed by atoms with Gasteiger partial charge in [0.05, 0.1) is 60.4 Å². The maximum Gasteiger partial charge on any atom is 0.333 e. The summed E-state index contributed by atoms with van der Waals surface area (Å²) in [7, 11) is 1.47. The maximum absolute atomic E-state index is 14.0. The van der Waals surface area contributed by atoms with Crippen LogP contribution in [0.2, 0.25) is 10.2 Å². The summed E-state index contributed by atoms with van der Waals surface area (Å²) in [5, 5.41) is 15.0. The van der Waals surface area contributed by atoms with Crippen molar-refractivity contribution in [3.63, 3.8) is 0 Å². The number of nitrogens with one attached hydrogen (secondary N) is 1. The molecule has 4 aromatic heterocycles. The predicted octanol–water partition coefficient (Wildman–Crippen LogP) is 6.19. The van der Waals surface area contributed by atoms with E-state index < -0.39 is 30.0 Å². The molecule has 2 unspecified atom stereocenters. The lowest BCUT2D eigenvalue weighted by Crippen LogP contribution is -2.26. The van der Waals surface area contributed by atoms with Crippen molar-refractivity contribution in [2.24, 2.45) is 5.92 Å². The third-order valence-electron chi connectivity index (χ3n) is 7.39. The number of rotatable bonds is 5. The normalized spacial score (nSPS) is 17.3. The number of hydrogen-bond acceptors (Lipinski definition) is 7. The number of hydrogen-bond donors (Lipinski definition) is 1. The van der Waals surface area contributed by atoms with Crippen LogP contribution in [-0.4, -0.2) is 47.3 Å². The molecule has 1 aromatic carbocycles. The van der Waals surface area contributed by atoms with E-state index in [1.807, 2.05) is 0 Å². The maximum atomic E-state index is 14.0. The van der Waals surface area contributed by atoms with E-state index in [-0.39, 0.29) is 23.0 Å². The third-order valence-corrected chi connectivity index (χ3v) is 7.80. The van der Waals surface area contributed by atoms with Crippen LogP contribution in [0.1, 0.15) is 31.6 Å². The van der Waals surface area contributed by atoms with E-state index in [1.54, 1.807) is 55.6 Å². The average molecular weight is 653 g/mol. The first-order valence-corrected chi connectivity index (χ1v) is 14.4. The molecule has 2 bridgehead atoms. The number of pyridine rings is 2. The smallest absolute Gasteiger partial charge is 0.333 e. The van der Waals surface area contributed by atoms with Crippen molar-refractivity contribution >= 4 is 34.8 Å². The Morgan fingerprint density at radius 2 is 1.91 bits per heavy atom. The largest absolute Gasteiger partial charge is 0.495 e. The molecule has 1 aliphatic rings. The number of carbonyl (C=O) groups is 1. The number of carbonyl (C=O) groups excluding carboxylic acids is 1. The summed E-state index contributed by atoms with van der Waals surface area (Å²) in [6, 6.07) is 8.92. The molecule has 0 fully saturated rings. The fourth-order valence-corrected chi connectivity index (χ4v) is 5.52. The molecule has 2 atom stereocenters. The van der Waals surface area contributed by atoms with E-state index >= 15 is 0 Å². The molecular formula is C30H24Cl2F2N8O3. The van der Waals surface area contributed by atoms with E-state index in [0.717, 1.165) is 0 Å². The average Bonchev–Trinajstić information content (AvgIpc) is 3.65. The lowest BCUT2D eigenvalue weighted by molar-refractivity contribution is -0.118. The van der Waals surface area contributed by atoms with Crippen LogP contribution in [0.3, 0.4) is 0 Å². The number of aromatic nitrogens is 7. The number of benzene rings is 1. The highest BCUT2D eigenvalue weighted by Crippen LogP contribution is 2.37. The Hall–Kier alpha value is -4.88. The van der Waals surface area contributed by atoms with Crippen molar-refractivity contribution in [2.45, 2.75) is 25.9 Å². The highest BCUT2D eigenvalue weighted by Gasteiger charge is 2.26. The highest BCUT2D eigenvalue weighted by molar-refractivity contribution is 6.31. The van der Waals surface area contributed by atoms with Crippen molar-refractivity contribution in [3.8, 4) is 33.8 Å². The molecular weight excluding hydrogens is 629 g/mol. The minimum atomic E-state index is -2.97. The number of ether oxygens (including phenoxy) is 1. The number of halogens is 4. The lowest BCUT2D eigenvalue weighted by atomic mass is 10.0. The number of anilines is 1. The first-order chi connectivity index (χ1) is 21.6. The first kappa shape index (κ1) is 30.2. The molecule has 230 valence electrons. The minimum absolute atomic E-state index is 0.0134. The predicted molar refractivity (Wildman–Crippen MR) is 164 cm³/mol. The molecule has 15 heteroatoms. The van der Waals surface area contributed by atoms with Gasteiger partial charge in [-0.05, 0) is 36.8 Å². The van der Waals surface area contributed by atoms with Gasteiger partial charge in [0.1, 0.15) is 5.75 Å². The zero-order valence-electron chi connectivity index (χ0n) is 23.7. The van der Waals surface area contributed by atoms with Gasteiger partial charge in [0.2, 0.25) is 5.91 Å². The van der Waals surface area contributed by atoms with Crippen LogP contribution in [-0.2, 0) is 4.79 Å². The second-order valence-corrected chi connectivity index (χ2v) is 11.0. The standard InChI is InChI=1S/C30H24Cl2F2N8O3/c1-16-4-3-5-24(21-10-17(8-9-35-21)28-22(37-29(16)44)13-36-42(28)30(33)34)40-14-25(45-2)20(12-27(40)43)19-11-18(31)6-7-23(19)41-15-26(32)38-39-41/h3-4,6-16,24,30H,5H2,1-2H3,(H,37,44)/b4-3+. The zero-order valence-corrected chi connectivity index (χ0v) is 25.2. The van der Waals surface area contributed by atoms with E-state index in [1.165, 1.54) is 41.0 Å². The summed E-state index contributed by atoms with van der Waals surface area (Å²) in [5.41, 5.74) is 2.01. The Balaban J connectivity index is 1.52. The van der Waals surface area contributed by atoms with Crippen molar-refractivity contribution in [1.29, 1.82) is 0 Å². The lowest BCUT2D eigenvalue weighted by Gasteiger charge is -2.22. The van der Waals surface area contributed by atoms with Crippen molar-refractivity contribution in [1.82, 2.24) is 34.3 Å². The summed E-state index contributed by atoms with van der Waals surface area (Å²) in [5.74, 6) is -0.678. The van der Waals surface area contributed by atoms with Crippen LogP contribution in [0.4, 0.5) is 14.5 Å². The van der Waals surface area contributed by atoms with E-state index in [4.69, 9.17) is 27.9 Å². The van der Waals surface area contributed by atoms with Gasteiger partial charge in [0.15, 0.2) is 5.15 Å². The van der Waals surface area contributed by atoms with Crippen LogP contribution < -0.4 is 15.6 Å². The summed E-state index contributed by atoms with van der Waals surface area (Å²) in [6.45, 7) is -1.29. The van der Waals surface area contributed by atoms with Gasteiger partial charge in [0, 0.05) is 34.0 Å². The topological polar surface area (TPSA) is 122 Å². The summed E-state index contributed by atoms with van der Waals surface area (Å²) < 4.78 is 37.2. The second-order valence-electron chi connectivity index (χ2n) is 10.2. The minimum Gasteiger partial charge on any atom is -0.495 e. The quantitative estimate of drug-likeness (QED) is 0.225. The molecule has 0 saturated carbocycles. The fraction of sp³-hybridized carbons (Fsp3) is 0.200. The number of alkyl halides is 2. The van der Waals surface area contributed by atoms with Crippen LogP contribution in [0.5, 0.6) is 5.75 Å². The van der Waals surface area contributed by atoms with E-state index in [9.17, 15) is 18.4 Å². The molecule has 1 amide bonds. The van der Waals surface area contributed by atoms with E-state index in [0.29, 0.717) is 43.5 Å². The van der Waals surface area contributed by atoms with Gasteiger partial charge in [-0.25, -0.2) is 9.36 Å². The molecule has 0 aliphatic carbocycles. The Morgan fingerprint density at radius 1 is 1.09 bits per heavy atom. The van der Waals surface area contributed by atoms with Gasteiger partial charge >= 0.3 is 6.55 Å². The SMILES string of the molecule is COc1cn(C2C/C=C/C(C)C(=O)Nc3cnn(C(F)F)c3-c3ccnc2c3)c(=O)cc1-c1cc(Cl)ccc1-n1cc(Cl)nn1. The molecule has 1 aliphatic heterocycles. The van der Waals surface area contributed by atoms with Gasteiger partial charge in [-0.15, -0.1) is 5.10 Å². The van der Waals surface area contributed by atoms with Gasteiger partial charge in [-0.1, -0.05) is 47.5 Å². The molecule has 1 N–H and O–H groups in total. The molecule has 0 saturated heterocycles. The van der Waals surface area contributed by atoms with Gasteiger partial charge in [-0.2, -0.15) is 13.9 Å². The molecule has 45 heavy (non-hydrogen) atoms. The first-order valence-electron chi connectivity index (χ1n) is 13.6. The monoisotopic (exact) mass is 652 g/mol. The third kappa shape index (κ3) is 5.83. The number of methoxy groups -OCH3 is 1. The second kappa shape index (κ2) is 12.3. The molecule has 5 heterocycles. The van der Waals surface area contributed by atoms with Gasteiger partial charge in [0.25, 0.3) is 5.56 Å². The number of amides is 1. The molecule has 6 rings (SSSR count). The highest BCUT2D eigenvalue weighted by atomic mass is 35.5. The van der Waals surface area contributed by atoms with Crippen LogP contribution >= 0.6 is 23.2 Å². The Kier molecular flexibility index (Phi) is 8.21. The number of allylic oxidation sites excluding steroid dienone is 1.